The van der Waals surface area contributed by atoms with E-state index in [-0.39, 0.29) is 17.9 Å². The normalized spacial score (nSPS) is 11.7. The maximum atomic E-state index is 13.2. The summed E-state index contributed by atoms with van der Waals surface area (Å²) in [6, 6.07) is 3.46. The molecule has 144 valence electrons. The smallest absolute Gasteiger partial charge is 0.280 e. The zero-order valence-corrected chi connectivity index (χ0v) is 14.5. The average Bonchev–Trinajstić information content (AvgIpc) is 3.25. The molecule has 0 radical (unpaired) electrons. The minimum absolute atomic E-state index is 0.166. The number of carbonyl (C=O) groups is 1. The summed E-state index contributed by atoms with van der Waals surface area (Å²) in [4.78, 5) is 17.5. The molecule has 7 nitrogen and oxygen atoms in total. The van der Waals surface area contributed by atoms with Gasteiger partial charge >= 0.3 is 0 Å². The van der Waals surface area contributed by atoms with Crippen molar-refractivity contribution in [2.45, 2.75) is 32.9 Å². The first-order valence-electron chi connectivity index (χ1n) is 8.04. The van der Waals surface area contributed by atoms with E-state index >= 15 is 0 Å². The predicted molar refractivity (Wildman–Crippen MR) is 86.6 cm³/mol. The van der Waals surface area contributed by atoms with Crippen LogP contribution < -0.4 is 0 Å². The van der Waals surface area contributed by atoms with Gasteiger partial charge in [-0.25, -0.2) is 27.1 Å². The third-order valence-electron chi connectivity index (χ3n) is 3.99. The van der Waals surface area contributed by atoms with Crippen molar-refractivity contribution >= 4 is 11.6 Å². The minimum atomic E-state index is -3.05. The molecule has 11 heteroatoms. The van der Waals surface area contributed by atoms with E-state index in [1.54, 1.807) is 16.9 Å². The molecule has 3 aromatic heterocycles. The second-order valence-corrected chi connectivity index (χ2v) is 5.81. The first-order chi connectivity index (χ1) is 12.8. The summed E-state index contributed by atoms with van der Waals surface area (Å²) in [5.41, 5.74) is -1.17. The third-order valence-corrected chi connectivity index (χ3v) is 3.99. The molecule has 0 aliphatic rings. The Bertz CT molecular complexity index is 967. The van der Waals surface area contributed by atoms with E-state index in [0.717, 1.165) is 11.8 Å². The molecule has 0 bridgehead atoms. The molecule has 0 fully saturated rings. The van der Waals surface area contributed by atoms with Crippen molar-refractivity contribution in [1.29, 1.82) is 0 Å². The van der Waals surface area contributed by atoms with Crippen molar-refractivity contribution in [1.82, 2.24) is 29.3 Å². The molecule has 3 aromatic rings. The fourth-order valence-electron chi connectivity index (χ4n) is 2.68. The number of halogens is 4. The molecule has 0 saturated heterocycles. The van der Waals surface area contributed by atoms with Gasteiger partial charge in [-0.15, -0.1) is 0 Å². The molecular weight excluding hydrogens is 368 g/mol. The molecule has 0 aromatic carbocycles. The SMILES string of the molecule is CCn1nccc1CN(C)C(=O)c1cc2nc(C(F)F)cc(C(F)F)n2n1. The van der Waals surface area contributed by atoms with Crippen molar-refractivity contribution in [2.24, 2.45) is 0 Å². The van der Waals surface area contributed by atoms with Crippen molar-refractivity contribution in [3.8, 4) is 0 Å². The standard InChI is InChI=1S/C16H16F4N6O/c1-3-25-9(4-5-21-25)8-24(2)16(27)11-7-13-22-10(14(17)18)6-12(15(19)20)26(13)23-11/h4-7,14-15H,3,8H2,1-2H3. The zero-order chi connectivity index (χ0) is 19.7. The quantitative estimate of drug-likeness (QED) is 0.613. The lowest BCUT2D eigenvalue weighted by Crippen LogP contribution is -2.27. The Morgan fingerprint density at radius 3 is 2.59 bits per heavy atom. The molecule has 0 unspecified atom stereocenters. The van der Waals surface area contributed by atoms with Crippen molar-refractivity contribution in [2.75, 3.05) is 7.05 Å². The maximum Gasteiger partial charge on any atom is 0.280 e. The van der Waals surface area contributed by atoms with Crippen LogP contribution in [0.5, 0.6) is 0 Å². The number of hydrogen-bond donors (Lipinski definition) is 0. The molecule has 0 aliphatic carbocycles. The van der Waals surface area contributed by atoms with Crippen LogP contribution in [0.15, 0.2) is 24.4 Å². The Hall–Kier alpha value is -2.98. The van der Waals surface area contributed by atoms with Crippen LogP contribution in [0.25, 0.3) is 5.65 Å². The number of aromatic nitrogens is 5. The Morgan fingerprint density at radius 2 is 1.96 bits per heavy atom. The van der Waals surface area contributed by atoms with Crippen molar-refractivity contribution in [3.63, 3.8) is 0 Å². The van der Waals surface area contributed by atoms with Gasteiger partial charge in [0.15, 0.2) is 11.3 Å². The number of hydrogen-bond acceptors (Lipinski definition) is 4. The highest BCUT2D eigenvalue weighted by Crippen LogP contribution is 2.25. The van der Waals surface area contributed by atoms with E-state index in [1.165, 1.54) is 11.9 Å². The van der Waals surface area contributed by atoms with Crippen LogP contribution in [-0.4, -0.2) is 42.2 Å². The highest BCUT2D eigenvalue weighted by atomic mass is 19.3. The summed E-state index contributed by atoms with van der Waals surface area (Å²) in [7, 11) is 1.52. The van der Waals surface area contributed by atoms with Gasteiger partial charge in [0.25, 0.3) is 18.8 Å². The summed E-state index contributed by atoms with van der Waals surface area (Å²) in [5, 5.41) is 7.95. The van der Waals surface area contributed by atoms with Gasteiger partial charge in [-0.1, -0.05) is 0 Å². The summed E-state index contributed by atoms with van der Waals surface area (Å²) in [5.74, 6) is -0.553. The number of amides is 1. The third kappa shape index (κ3) is 3.62. The monoisotopic (exact) mass is 384 g/mol. The van der Waals surface area contributed by atoms with E-state index in [9.17, 15) is 22.4 Å². The second-order valence-electron chi connectivity index (χ2n) is 5.81. The lowest BCUT2D eigenvalue weighted by Gasteiger charge is -2.16. The van der Waals surface area contributed by atoms with Crippen molar-refractivity contribution < 1.29 is 22.4 Å². The zero-order valence-electron chi connectivity index (χ0n) is 14.5. The Labute approximate surface area is 151 Å². The van der Waals surface area contributed by atoms with E-state index in [1.807, 2.05) is 6.92 Å². The molecule has 3 rings (SSSR count). The minimum Gasteiger partial charge on any atom is -0.334 e. The predicted octanol–water partition coefficient (Wildman–Crippen LogP) is 3.09. The second kappa shape index (κ2) is 7.33. The number of nitrogens with zero attached hydrogens (tertiary/aromatic N) is 6. The maximum absolute atomic E-state index is 13.2. The summed E-state index contributed by atoms with van der Waals surface area (Å²) in [6.45, 7) is 2.74. The lowest BCUT2D eigenvalue weighted by atomic mass is 10.3. The molecule has 0 N–H and O–H groups in total. The van der Waals surface area contributed by atoms with Gasteiger partial charge in [-0.05, 0) is 19.1 Å². The molecule has 27 heavy (non-hydrogen) atoms. The van der Waals surface area contributed by atoms with Crippen LogP contribution >= 0.6 is 0 Å². The molecule has 0 spiro atoms. The average molecular weight is 384 g/mol. The topological polar surface area (TPSA) is 68.3 Å². The van der Waals surface area contributed by atoms with Crippen LogP contribution in [0.1, 0.15) is 47.3 Å². The lowest BCUT2D eigenvalue weighted by molar-refractivity contribution is 0.0774. The van der Waals surface area contributed by atoms with Gasteiger partial charge in [0.05, 0.1) is 12.2 Å². The van der Waals surface area contributed by atoms with Crippen LogP contribution in [0.4, 0.5) is 17.6 Å². The molecule has 3 heterocycles. The van der Waals surface area contributed by atoms with E-state index in [2.05, 4.69) is 15.2 Å². The summed E-state index contributed by atoms with van der Waals surface area (Å²) < 4.78 is 54.6. The van der Waals surface area contributed by atoms with Crippen LogP contribution in [0.3, 0.4) is 0 Å². The number of alkyl halides is 4. The Balaban J connectivity index is 1.94. The number of aryl methyl sites for hydroxylation is 1. The van der Waals surface area contributed by atoms with Crippen LogP contribution in [-0.2, 0) is 13.1 Å². The van der Waals surface area contributed by atoms with Gasteiger partial charge in [0.1, 0.15) is 11.4 Å². The van der Waals surface area contributed by atoms with E-state index < -0.39 is 30.1 Å². The number of rotatable bonds is 6. The first-order valence-corrected chi connectivity index (χ1v) is 8.04. The van der Waals surface area contributed by atoms with E-state index in [0.29, 0.717) is 17.1 Å². The first kappa shape index (κ1) is 18.8. The van der Waals surface area contributed by atoms with Gasteiger partial charge in [0, 0.05) is 25.9 Å². The van der Waals surface area contributed by atoms with Gasteiger partial charge in [-0.3, -0.25) is 9.48 Å². The van der Waals surface area contributed by atoms with Gasteiger partial charge in [0.2, 0.25) is 0 Å². The summed E-state index contributed by atoms with van der Waals surface area (Å²) in [6.07, 6.45) is -4.46. The highest BCUT2D eigenvalue weighted by molar-refractivity contribution is 5.93. The van der Waals surface area contributed by atoms with Gasteiger partial charge in [-0.2, -0.15) is 10.2 Å². The number of fused-ring (bicyclic) bond motifs is 1. The fraction of sp³-hybridized carbons (Fsp3) is 0.375. The largest absolute Gasteiger partial charge is 0.334 e. The van der Waals surface area contributed by atoms with Crippen LogP contribution in [0.2, 0.25) is 0 Å². The summed E-state index contributed by atoms with van der Waals surface area (Å²) >= 11 is 0. The van der Waals surface area contributed by atoms with Crippen molar-refractivity contribution in [3.05, 3.63) is 47.2 Å². The fourth-order valence-corrected chi connectivity index (χ4v) is 2.68. The van der Waals surface area contributed by atoms with Crippen LogP contribution in [0, 0.1) is 0 Å². The Kier molecular flexibility index (Phi) is 5.10. The Morgan fingerprint density at radius 1 is 1.22 bits per heavy atom. The molecule has 0 saturated carbocycles. The molecule has 0 aliphatic heterocycles. The van der Waals surface area contributed by atoms with Gasteiger partial charge < -0.3 is 4.90 Å². The number of carbonyl (C=O) groups excluding carboxylic acids is 1. The molecule has 1 amide bonds. The highest BCUT2D eigenvalue weighted by Gasteiger charge is 2.23. The molecular formula is C16H16F4N6O. The molecule has 0 atom stereocenters. The van der Waals surface area contributed by atoms with E-state index in [4.69, 9.17) is 0 Å².